The molecule has 1 aliphatic rings. The number of nitrogens with two attached hydrogens (primary N) is 1. The minimum absolute atomic E-state index is 0.0154. The molecule has 0 spiro atoms. The van der Waals surface area contributed by atoms with Gasteiger partial charge in [-0.05, 0) is 42.3 Å². The van der Waals surface area contributed by atoms with Gasteiger partial charge in [-0.3, -0.25) is 4.79 Å². The Morgan fingerprint density at radius 3 is 2.50 bits per heavy atom. The van der Waals surface area contributed by atoms with Crippen LogP contribution in [0.3, 0.4) is 0 Å². The Kier molecular flexibility index (Phi) is 3.81. The van der Waals surface area contributed by atoms with Gasteiger partial charge in [0.1, 0.15) is 10.7 Å². The maximum Gasteiger partial charge on any atom is 0.258 e. The molecule has 0 unspecified atom stereocenters. The van der Waals surface area contributed by atoms with Crippen LogP contribution >= 0.6 is 12.2 Å². The molecule has 1 heterocycles. The molecule has 0 radical (unpaired) electrons. The molecule has 1 aliphatic heterocycles. The summed E-state index contributed by atoms with van der Waals surface area (Å²) in [6, 6.07) is 12.9. The third-order valence-electron chi connectivity index (χ3n) is 3.84. The Hall–Kier alpha value is -2.40. The Morgan fingerprint density at radius 1 is 1.18 bits per heavy atom. The predicted octanol–water partition coefficient (Wildman–Crippen LogP) is 2.53. The van der Waals surface area contributed by atoms with Crippen LogP contribution in [0.5, 0.6) is 5.75 Å². The van der Waals surface area contributed by atoms with Crippen molar-refractivity contribution >= 4 is 28.8 Å². The van der Waals surface area contributed by atoms with Gasteiger partial charge in [0.05, 0.1) is 7.11 Å². The summed E-state index contributed by atoms with van der Waals surface area (Å²) < 4.78 is 5.23. The molecule has 0 bridgehead atoms. The lowest BCUT2D eigenvalue weighted by Crippen LogP contribution is -2.28. The van der Waals surface area contributed by atoms with Crippen LogP contribution in [-0.2, 0) is 6.42 Å². The van der Waals surface area contributed by atoms with Crippen molar-refractivity contribution in [2.24, 2.45) is 5.73 Å². The highest BCUT2D eigenvalue weighted by molar-refractivity contribution is 7.80. The molecule has 5 heteroatoms. The van der Waals surface area contributed by atoms with E-state index in [4.69, 9.17) is 22.7 Å². The number of hydrogen-bond acceptors (Lipinski definition) is 3. The second-order valence-corrected chi connectivity index (χ2v) is 5.58. The van der Waals surface area contributed by atoms with E-state index in [1.54, 1.807) is 36.3 Å². The number of benzene rings is 2. The van der Waals surface area contributed by atoms with Gasteiger partial charge in [0, 0.05) is 23.4 Å². The minimum atomic E-state index is -0.0154. The fourth-order valence-corrected chi connectivity index (χ4v) is 2.79. The molecule has 2 N–H and O–H groups in total. The summed E-state index contributed by atoms with van der Waals surface area (Å²) in [6.45, 7) is 0.679. The number of nitrogens with zero attached hydrogens (tertiary/aromatic N) is 1. The first kappa shape index (κ1) is 14.5. The van der Waals surface area contributed by atoms with E-state index in [0.29, 0.717) is 17.1 Å². The first-order valence-electron chi connectivity index (χ1n) is 6.99. The summed E-state index contributed by atoms with van der Waals surface area (Å²) in [6.07, 6.45) is 0.837. The lowest BCUT2D eigenvalue weighted by molar-refractivity contribution is 0.0989. The van der Waals surface area contributed by atoms with Crippen molar-refractivity contribution in [2.45, 2.75) is 6.42 Å². The third-order valence-corrected chi connectivity index (χ3v) is 4.08. The number of methoxy groups -OCH3 is 1. The Labute approximate surface area is 134 Å². The van der Waals surface area contributed by atoms with Crippen LogP contribution in [-0.4, -0.2) is 24.6 Å². The van der Waals surface area contributed by atoms with E-state index in [9.17, 15) is 4.79 Å². The van der Waals surface area contributed by atoms with E-state index in [2.05, 4.69) is 0 Å². The van der Waals surface area contributed by atoms with Gasteiger partial charge in [-0.1, -0.05) is 24.4 Å². The molecule has 112 valence electrons. The largest absolute Gasteiger partial charge is 0.497 e. The number of hydrogen-bond donors (Lipinski definition) is 1. The summed E-state index contributed by atoms with van der Waals surface area (Å²) in [5.74, 6) is 0.798. The van der Waals surface area contributed by atoms with Gasteiger partial charge in [-0.2, -0.15) is 0 Å². The van der Waals surface area contributed by atoms with Crippen LogP contribution in [0.4, 0.5) is 5.69 Å². The maximum atomic E-state index is 12.7. The topological polar surface area (TPSA) is 55.6 Å². The summed E-state index contributed by atoms with van der Waals surface area (Å²) in [4.78, 5) is 14.8. The molecule has 4 nitrogen and oxygen atoms in total. The maximum absolute atomic E-state index is 12.7. The first-order valence-corrected chi connectivity index (χ1v) is 7.39. The van der Waals surface area contributed by atoms with Gasteiger partial charge in [-0.15, -0.1) is 0 Å². The average molecular weight is 312 g/mol. The van der Waals surface area contributed by atoms with E-state index in [1.165, 1.54) is 0 Å². The number of ether oxygens (including phenoxy) is 1. The lowest BCUT2D eigenvalue weighted by atomic mass is 10.1. The second kappa shape index (κ2) is 5.77. The highest BCUT2D eigenvalue weighted by atomic mass is 32.1. The summed E-state index contributed by atoms with van der Waals surface area (Å²) in [5.41, 5.74) is 9.05. The van der Waals surface area contributed by atoms with E-state index in [0.717, 1.165) is 29.0 Å². The molecular weight excluding hydrogens is 296 g/mol. The van der Waals surface area contributed by atoms with Gasteiger partial charge in [0.15, 0.2) is 0 Å². The Bertz CT molecular complexity index is 741. The highest BCUT2D eigenvalue weighted by Crippen LogP contribution is 2.32. The number of rotatable bonds is 3. The van der Waals surface area contributed by atoms with E-state index >= 15 is 0 Å². The number of fused-ring (bicyclic) bond motifs is 1. The van der Waals surface area contributed by atoms with Crippen molar-refractivity contribution in [3.63, 3.8) is 0 Å². The second-order valence-electron chi connectivity index (χ2n) is 5.14. The van der Waals surface area contributed by atoms with Gasteiger partial charge < -0.3 is 15.4 Å². The zero-order chi connectivity index (χ0) is 15.7. The normalized spacial score (nSPS) is 12.9. The molecule has 0 atom stereocenters. The zero-order valence-electron chi connectivity index (χ0n) is 12.2. The SMILES string of the molecule is COc1ccc2c(c1)CCN2C(=O)c1ccc(C(N)=S)cc1. The third kappa shape index (κ3) is 2.55. The minimum Gasteiger partial charge on any atom is -0.497 e. The Morgan fingerprint density at radius 2 is 1.86 bits per heavy atom. The van der Waals surface area contributed by atoms with Crippen LogP contribution in [0.2, 0.25) is 0 Å². The number of carbonyl (C=O) groups excluding carboxylic acids is 1. The highest BCUT2D eigenvalue weighted by Gasteiger charge is 2.25. The van der Waals surface area contributed by atoms with E-state index < -0.39 is 0 Å². The summed E-state index contributed by atoms with van der Waals surface area (Å²) in [7, 11) is 1.64. The van der Waals surface area contributed by atoms with E-state index in [-0.39, 0.29) is 5.91 Å². The van der Waals surface area contributed by atoms with Gasteiger partial charge in [0.2, 0.25) is 0 Å². The molecular formula is C17H16N2O2S. The lowest BCUT2D eigenvalue weighted by Gasteiger charge is -2.17. The fraction of sp³-hybridized carbons (Fsp3) is 0.176. The quantitative estimate of drug-likeness (QED) is 0.885. The number of amides is 1. The van der Waals surface area contributed by atoms with Gasteiger partial charge in [0.25, 0.3) is 5.91 Å². The van der Waals surface area contributed by atoms with Crippen LogP contribution in [0.25, 0.3) is 0 Å². The fourth-order valence-electron chi connectivity index (χ4n) is 2.65. The van der Waals surface area contributed by atoms with Crippen LogP contribution in [0, 0.1) is 0 Å². The molecule has 0 saturated heterocycles. The average Bonchev–Trinajstić information content (AvgIpc) is 2.97. The molecule has 0 saturated carbocycles. The number of thiocarbonyl (C=S) groups is 1. The first-order chi connectivity index (χ1) is 10.6. The molecule has 1 amide bonds. The van der Waals surface area contributed by atoms with Crippen LogP contribution < -0.4 is 15.4 Å². The number of carbonyl (C=O) groups is 1. The molecule has 0 aliphatic carbocycles. The summed E-state index contributed by atoms with van der Waals surface area (Å²) in [5, 5.41) is 0. The molecule has 22 heavy (non-hydrogen) atoms. The molecule has 0 fully saturated rings. The van der Waals surface area contributed by atoms with Crippen molar-refractivity contribution in [1.82, 2.24) is 0 Å². The molecule has 0 aromatic heterocycles. The standard InChI is InChI=1S/C17H16N2O2S/c1-21-14-6-7-15-13(10-14)8-9-19(15)17(20)12-4-2-11(3-5-12)16(18)22/h2-7,10H,8-9H2,1H3,(H2,18,22). The Balaban J connectivity index is 1.87. The van der Waals surface area contributed by atoms with Gasteiger partial charge in [-0.25, -0.2) is 0 Å². The monoisotopic (exact) mass is 312 g/mol. The van der Waals surface area contributed by atoms with Crippen molar-refractivity contribution in [3.8, 4) is 5.75 Å². The van der Waals surface area contributed by atoms with Crippen molar-refractivity contribution in [2.75, 3.05) is 18.6 Å². The summed E-state index contributed by atoms with van der Waals surface area (Å²) >= 11 is 4.92. The molecule has 2 aromatic carbocycles. The zero-order valence-corrected chi connectivity index (χ0v) is 13.0. The molecule has 2 aromatic rings. The van der Waals surface area contributed by atoms with E-state index in [1.807, 2.05) is 18.2 Å². The van der Waals surface area contributed by atoms with Crippen LogP contribution in [0.1, 0.15) is 21.5 Å². The molecule has 3 rings (SSSR count). The number of anilines is 1. The van der Waals surface area contributed by atoms with Crippen molar-refractivity contribution < 1.29 is 9.53 Å². The predicted molar refractivity (Wildman–Crippen MR) is 90.7 cm³/mol. The van der Waals surface area contributed by atoms with Crippen molar-refractivity contribution in [3.05, 3.63) is 59.2 Å². The van der Waals surface area contributed by atoms with Crippen molar-refractivity contribution in [1.29, 1.82) is 0 Å². The smallest absolute Gasteiger partial charge is 0.258 e. The van der Waals surface area contributed by atoms with Crippen LogP contribution in [0.15, 0.2) is 42.5 Å². The van der Waals surface area contributed by atoms with Gasteiger partial charge >= 0.3 is 0 Å².